The molecule has 1 aliphatic carbocycles. The van der Waals surface area contributed by atoms with Gasteiger partial charge in [0.25, 0.3) is 0 Å². The lowest BCUT2D eigenvalue weighted by Gasteiger charge is -2.21. The van der Waals surface area contributed by atoms with Gasteiger partial charge in [0.1, 0.15) is 0 Å². The Bertz CT molecular complexity index is 361. The van der Waals surface area contributed by atoms with Gasteiger partial charge in [0.15, 0.2) is 0 Å². The molecule has 1 heterocycles. The summed E-state index contributed by atoms with van der Waals surface area (Å²) in [6, 6.07) is 0. The average molecular weight is 259 g/mol. The van der Waals surface area contributed by atoms with E-state index in [1.807, 2.05) is 17.8 Å². The summed E-state index contributed by atoms with van der Waals surface area (Å²) in [5, 5.41) is 10.4. The zero-order valence-corrected chi connectivity index (χ0v) is 9.84. The predicted octanol–water partition coefficient (Wildman–Crippen LogP) is 1.27. The van der Waals surface area contributed by atoms with Crippen LogP contribution in [0.4, 0.5) is 0 Å². The molecule has 1 unspecified atom stereocenters. The van der Waals surface area contributed by atoms with E-state index in [0.717, 1.165) is 23.0 Å². The monoisotopic (exact) mass is 258 g/mol. The summed E-state index contributed by atoms with van der Waals surface area (Å²) in [5.41, 5.74) is 7.12. The van der Waals surface area contributed by atoms with Crippen LogP contribution >= 0.6 is 15.9 Å². The van der Waals surface area contributed by atoms with Crippen LogP contribution in [-0.4, -0.2) is 16.2 Å². The minimum Gasteiger partial charge on any atom is -0.385 e. The van der Waals surface area contributed by atoms with Crippen LogP contribution in [-0.2, 0) is 19.1 Å². The van der Waals surface area contributed by atoms with E-state index in [0.29, 0.717) is 13.0 Å². The van der Waals surface area contributed by atoms with Gasteiger partial charge in [-0.2, -0.15) is 0 Å². The molecule has 1 aromatic rings. The number of fused-ring (bicyclic) bond motifs is 1. The van der Waals surface area contributed by atoms with E-state index >= 15 is 0 Å². The highest BCUT2D eigenvalue weighted by Gasteiger charge is 2.38. The number of nitrogens with two attached hydrogens (primary N) is 1. The lowest BCUT2D eigenvalue weighted by atomic mass is 9.94. The molecule has 78 valence electrons. The van der Waals surface area contributed by atoms with E-state index in [1.165, 1.54) is 5.56 Å². The fourth-order valence-electron chi connectivity index (χ4n) is 2.26. The molecule has 3 nitrogen and oxygen atoms in total. The predicted molar refractivity (Wildman–Crippen MR) is 59.0 cm³/mol. The Labute approximate surface area is 92.0 Å². The third-order valence-electron chi connectivity index (χ3n) is 3.05. The smallest absolute Gasteiger partial charge is 0.0929 e. The van der Waals surface area contributed by atoms with Gasteiger partial charge in [0.05, 0.1) is 10.2 Å². The summed E-state index contributed by atoms with van der Waals surface area (Å²) in [5.74, 6) is 0. The Kier molecular flexibility index (Phi) is 2.45. The maximum Gasteiger partial charge on any atom is 0.0929 e. The first-order chi connectivity index (χ1) is 6.58. The standard InChI is InChI=1S/C10H15BrN2O/c1-13-6-8-7(9(13)11)2-3-10(8,14)4-5-12/h6,14H,2-5,12H2,1H3. The van der Waals surface area contributed by atoms with E-state index in [4.69, 9.17) is 5.73 Å². The SMILES string of the molecule is Cn1cc2c(c1Br)CCC2(O)CCN. The highest BCUT2D eigenvalue weighted by atomic mass is 79.9. The summed E-state index contributed by atoms with van der Waals surface area (Å²) in [6.07, 6.45) is 4.39. The molecule has 0 fully saturated rings. The van der Waals surface area contributed by atoms with Crippen molar-refractivity contribution in [2.24, 2.45) is 12.8 Å². The van der Waals surface area contributed by atoms with Gasteiger partial charge in [-0.15, -0.1) is 0 Å². The van der Waals surface area contributed by atoms with Gasteiger partial charge in [-0.05, 0) is 47.3 Å². The van der Waals surface area contributed by atoms with Crippen LogP contribution in [0.1, 0.15) is 24.0 Å². The Morgan fingerprint density at radius 2 is 2.43 bits per heavy atom. The summed E-state index contributed by atoms with van der Waals surface area (Å²) in [4.78, 5) is 0. The normalized spacial score (nSPS) is 25.4. The first-order valence-corrected chi connectivity index (χ1v) is 5.64. The highest BCUT2D eigenvalue weighted by molar-refractivity contribution is 9.10. The molecule has 0 spiro atoms. The fourth-order valence-corrected chi connectivity index (χ4v) is 2.77. The number of aryl methyl sites for hydroxylation is 1. The van der Waals surface area contributed by atoms with Crippen LogP contribution in [0.25, 0.3) is 0 Å². The largest absolute Gasteiger partial charge is 0.385 e. The first-order valence-electron chi connectivity index (χ1n) is 4.85. The van der Waals surface area contributed by atoms with Crippen molar-refractivity contribution in [2.75, 3.05) is 6.54 Å². The van der Waals surface area contributed by atoms with Gasteiger partial charge < -0.3 is 15.4 Å². The molecule has 0 radical (unpaired) electrons. The van der Waals surface area contributed by atoms with Gasteiger partial charge in [0, 0.05) is 18.8 Å². The number of hydrogen-bond acceptors (Lipinski definition) is 2. The molecule has 1 aromatic heterocycles. The lowest BCUT2D eigenvalue weighted by molar-refractivity contribution is 0.0317. The van der Waals surface area contributed by atoms with Crippen molar-refractivity contribution in [2.45, 2.75) is 24.9 Å². The summed E-state index contributed by atoms with van der Waals surface area (Å²) < 4.78 is 3.09. The third kappa shape index (κ3) is 1.33. The molecule has 1 aliphatic rings. The topological polar surface area (TPSA) is 51.2 Å². The number of rotatable bonds is 2. The number of halogens is 1. The molecule has 14 heavy (non-hydrogen) atoms. The zero-order valence-electron chi connectivity index (χ0n) is 8.26. The van der Waals surface area contributed by atoms with Crippen LogP contribution < -0.4 is 5.73 Å². The lowest BCUT2D eigenvalue weighted by Crippen LogP contribution is -2.25. The van der Waals surface area contributed by atoms with Gasteiger partial charge >= 0.3 is 0 Å². The molecular weight excluding hydrogens is 244 g/mol. The Balaban J connectivity index is 2.43. The molecule has 0 bridgehead atoms. The van der Waals surface area contributed by atoms with Gasteiger partial charge in [0.2, 0.25) is 0 Å². The molecule has 4 heteroatoms. The number of hydrogen-bond donors (Lipinski definition) is 2. The van der Waals surface area contributed by atoms with Crippen molar-refractivity contribution in [3.05, 3.63) is 21.9 Å². The summed E-state index contributed by atoms with van der Waals surface area (Å²) in [7, 11) is 1.98. The second kappa shape index (κ2) is 3.36. The molecule has 3 N–H and O–H groups in total. The zero-order chi connectivity index (χ0) is 10.3. The Morgan fingerprint density at radius 1 is 1.71 bits per heavy atom. The van der Waals surface area contributed by atoms with Crippen LogP contribution in [0, 0.1) is 0 Å². The van der Waals surface area contributed by atoms with Crippen LogP contribution in [0.2, 0.25) is 0 Å². The fraction of sp³-hybridized carbons (Fsp3) is 0.600. The summed E-state index contributed by atoms with van der Waals surface area (Å²) >= 11 is 3.52. The van der Waals surface area contributed by atoms with Crippen molar-refractivity contribution in [1.82, 2.24) is 4.57 Å². The van der Waals surface area contributed by atoms with E-state index in [2.05, 4.69) is 15.9 Å². The molecule has 0 aromatic carbocycles. The Morgan fingerprint density at radius 3 is 3.07 bits per heavy atom. The van der Waals surface area contributed by atoms with Crippen LogP contribution in [0.5, 0.6) is 0 Å². The molecule has 2 rings (SSSR count). The van der Waals surface area contributed by atoms with E-state index in [1.54, 1.807) is 0 Å². The molecule has 0 saturated carbocycles. The molecule has 0 saturated heterocycles. The van der Waals surface area contributed by atoms with Gasteiger partial charge in [-0.3, -0.25) is 0 Å². The van der Waals surface area contributed by atoms with Gasteiger partial charge in [-0.25, -0.2) is 0 Å². The summed E-state index contributed by atoms with van der Waals surface area (Å²) in [6.45, 7) is 0.530. The van der Waals surface area contributed by atoms with Crippen molar-refractivity contribution >= 4 is 15.9 Å². The van der Waals surface area contributed by atoms with E-state index in [9.17, 15) is 5.11 Å². The van der Waals surface area contributed by atoms with Crippen molar-refractivity contribution in [1.29, 1.82) is 0 Å². The molecule has 0 amide bonds. The van der Waals surface area contributed by atoms with Crippen molar-refractivity contribution in [3.8, 4) is 0 Å². The number of nitrogens with zero attached hydrogens (tertiary/aromatic N) is 1. The van der Waals surface area contributed by atoms with E-state index < -0.39 is 5.60 Å². The second-order valence-electron chi connectivity index (χ2n) is 3.99. The molecule has 1 atom stereocenters. The molecule has 0 aliphatic heterocycles. The quantitative estimate of drug-likeness (QED) is 0.840. The van der Waals surface area contributed by atoms with E-state index in [-0.39, 0.29) is 0 Å². The maximum absolute atomic E-state index is 10.4. The Hall–Kier alpha value is -0.320. The highest BCUT2D eigenvalue weighted by Crippen LogP contribution is 2.42. The van der Waals surface area contributed by atoms with Gasteiger partial charge in [-0.1, -0.05) is 0 Å². The van der Waals surface area contributed by atoms with Crippen molar-refractivity contribution in [3.63, 3.8) is 0 Å². The van der Waals surface area contributed by atoms with Crippen LogP contribution in [0.15, 0.2) is 10.8 Å². The maximum atomic E-state index is 10.4. The minimum absolute atomic E-state index is 0.530. The number of aliphatic hydroxyl groups is 1. The van der Waals surface area contributed by atoms with Crippen LogP contribution in [0.3, 0.4) is 0 Å². The number of aromatic nitrogens is 1. The third-order valence-corrected chi connectivity index (χ3v) is 4.09. The average Bonchev–Trinajstić information content (AvgIpc) is 2.57. The minimum atomic E-state index is -0.687. The first kappa shape index (κ1) is 10.2. The second-order valence-corrected chi connectivity index (χ2v) is 4.74. The molecular formula is C10H15BrN2O. The van der Waals surface area contributed by atoms with Crippen molar-refractivity contribution < 1.29 is 5.11 Å².